The predicted octanol–water partition coefficient (Wildman–Crippen LogP) is -0.862. The van der Waals surface area contributed by atoms with Crippen LogP contribution in [0, 0.1) is 0 Å². The summed E-state index contributed by atoms with van der Waals surface area (Å²) in [5, 5.41) is 36.1. The lowest BCUT2D eigenvalue weighted by atomic mass is 10.2. The van der Waals surface area contributed by atoms with E-state index in [2.05, 4.69) is 9.80 Å². The molecule has 0 fully saturated rings. The van der Waals surface area contributed by atoms with Crippen LogP contribution in [0.1, 0.15) is 27.7 Å². The number of aliphatic hydroxyl groups excluding tert-OH is 4. The van der Waals surface area contributed by atoms with Crippen molar-refractivity contribution in [3.63, 3.8) is 0 Å². The van der Waals surface area contributed by atoms with Gasteiger partial charge in [0.05, 0.1) is 83.9 Å². The minimum absolute atomic E-state index is 0.0219. The Morgan fingerprint density at radius 1 is 0.484 bits per heavy atom. The minimum Gasteiger partial charge on any atom is -0.394 e. The van der Waals surface area contributed by atoms with Crippen molar-refractivity contribution in [1.29, 1.82) is 0 Å². The molecule has 0 amide bonds. The second-order valence-electron chi connectivity index (χ2n) is 7.83. The van der Waals surface area contributed by atoms with Gasteiger partial charge >= 0.3 is 0 Å². The number of rotatable bonds is 22. The van der Waals surface area contributed by atoms with Crippen molar-refractivity contribution < 1.29 is 39.4 Å². The molecule has 0 rings (SSSR count). The monoisotopic (exact) mass is 454 g/mol. The van der Waals surface area contributed by atoms with Gasteiger partial charge in [0.15, 0.2) is 0 Å². The standard InChI is InChI=1S/C21H46N2O8/c1-18(28-9-5-24)13-22(14-19(2)29-10-6-25)17-23(15-20(3)30-11-7-26)16-21(4)31-12-8-27/h18-21,24-27H,5-17H2,1-4H3. The van der Waals surface area contributed by atoms with Crippen LogP contribution in [-0.2, 0) is 18.9 Å². The van der Waals surface area contributed by atoms with E-state index in [0.29, 0.717) is 32.8 Å². The molecule has 31 heavy (non-hydrogen) atoms. The first kappa shape index (κ1) is 30.6. The normalized spacial score (nSPS) is 16.1. The average molecular weight is 455 g/mol. The number of nitrogens with zero attached hydrogens (tertiary/aromatic N) is 2. The molecule has 0 aromatic heterocycles. The van der Waals surface area contributed by atoms with Crippen molar-refractivity contribution in [1.82, 2.24) is 9.80 Å². The lowest BCUT2D eigenvalue weighted by Crippen LogP contribution is -2.49. The van der Waals surface area contributed by atoms with Crippen LogP contribution in [0.3, 0.4) is 0 Å². The summed E-state index contributed by atoms with van der Waals surface area (Å²) in [6.45, 7) is 12.1. The van der Waals surface area contributed by atoms with E-state index in [1.165, 1.54) is 0 Å². The maximum Gasteiger partial charge on any atom is 0.0701 e. The quantitative estimate of drug-likeness (QED) is 0.154. The van der Waals surface area contributed by atoms with E-state index in [9.17, 15) is 0 Å². The maximum absolute atomic E-state index is 9.02. The highest BCUT2D eigenvalue weighted by Crippen LogP contribution is 2.08. The second-order valence-corrected chi connectivity index (χ2v) is 7.83. The highest BCUT2D eigenvalue weighted by Gasteiger charge is 2.21. The van der Waals surface area contributed by atoms with Gasteiger partial charge < -0.3 is 39.4 Å². The van der Waals surface area contributed by atoms with Gasteiger partial charge in [-0.2, -0.15) is 0 Å². The third-order valence-electron chi connectivity index (χ3n) is 4.44. The smallest absolute Gasteiger partial charge is 0.0701 e. The molecule has 0 aromatic carbocycles. The molecule has 0 spiro atoms. The Bertz CT molecular complexity index is 328. The molecule has 4 N–H and O–H groups in total. The van der Waals surface area contributed by atoms with Crippen LogP contribution in [0.5, 0.6) is 0 Å². The first-order chi connectivity index (χ1) is 14.9. The van der Waals surface area contributed by atoms with Gasteiger partial charge in [-0.15, -0.1) is 0 Å². The molecule has 0 aliphatic heterocycles. The summed E-state index contributed by atoms with van der Waals surface area (Å²) < 4.78 is 22.6. The highest BCUT2D eigenvalue weighted by molar-refractivity contribution is 4.72. The average Bonchev–Trinajstić information content (AvgIpc) is 2.73. The molecular formula is C21H46N2O8. The molecule has 0 aliphatic carbocycles. The molecule has 188 valence electrons. The van der Waals surface area contributed by atoms with Crippen LogP contribution in [-0.4, -0.2) is 140 Å². The molecule has 0 saturated carbocycles. The Kier molecular flexibility index (Phi) is 20.0. The first-order valence-corrected chi connectivity index (χ1v) is 11.2. The van der Waals surface area contributed by atoms with Gasteiger partial charge in [0.2, 0.25) is 0 Å². The summed E-state index contributed by atoms with van der Waals surface area (Å²) in [6, 6.07) is 0. The second kappa shape index (κ2) is 20.2. The molecular weight excluding hydrogens is 408 g/mol. The van der Waals surface area contributed by atoms with Gasteiger partial charge in [0.25, 0.3) is 0 Å². The van der Waals surface area contributed by atoms with Crippen LogP contribution < -0.4 is 0 Å². The van der Waals surface area contributed by atoms with Gasteiger partial charge in [-0.05, 0) is 27.7 Å². The van der Waals surface area contributed by atoms with Crippen molar-refractivity contribution >= 4 is 0 Å². The Hall–Kier alpha value is -0.400. The van der Waals surface area contributed by atoms with Crippen molar-refractivity contribution in [3.8, 4) is 0 Å². The third kappa shape index (κ3) is 17.8. The number of ether oxygens (including phenoxy) is 4. The molecule has 0 aliphatic rings. The summed E-state index contributed by atoms with van der Waals surface area (Å²) in [5.74, 6) is 0. The Morgan fingerprint density at radius 3 is 0.903 bits per heavy atom. The molecule has 0 radical (unpaired) electrons. The summed E-state index contributed by atoms with van der Waals surface area (Å²) in [5.41, 5.74) is 0. The molecule has 0 bridgehead atoms. The van der Waals surface area contributed by atoms with Crippen LogP contribution in [0.2, 0.25) is 0 Å². The van der Waals surface area contributed by atoms with E-state index >= 15 is 0 Å². The van der Waals surface area contributed by atoms with E-state index in [-0.39, 0.29) is 77.3 Å². The minimum atomic E-state index is -0.0785. The first-order valence-electron chi connectivity index (χ1n) is 11.2. The zero-order valence-corrected chi connectivity index (χ0v) is 19.8. The number of hydrogen-bond acceptors (Lipinski definition) is 10. The summed E-state index contributed by atoms with van der Waals surface area (Å²) in [7, 11) is 0. The summed E-state index contributed by atoms with van der Waals surface area (Å²) in [4.78, 5) is 4.42. The molecule has 0 heterocycles. The van der Waals surface area contributed by atoms with Crippen LogP contribution in [0.15, 0.2) is 0 Å². The van der Waals surface area contributed by atoms with Gasteiger partial charge in [0, 0.05) is 26.2 Å². The van der Waals surface area contributed by atoms with Crippen LogP contribution >= 0.6 is 0 Å². The zero-order valence-electron chi connectivity index (χ0n) is 19.8. The molecule has 0 saturated heterocycles. The Balaban J connectivity index is 5.13. The SMILES string of the molecule is CC(CN(CC(C)OCCO)CN(CC(C)OCCO)CC(C)OCCO)OCCO. The molecule has 0 aromatic rings. The van der Waals surface area contributed by atoms with Gasteiger partial charge in [0.1, 0.15) is 0 Å². The molecule has 4 atom stereocenters. The van der Waals surface area contributed by atoms with Gasteiger partial charge in [-0.25, -0.2) is 0 Å². The fourth-order valence-corrected chi connectivity index (χ4v) is 3.34. The van der Waals surface area contributed by atoms with Crippen LogP contribution in [0.4, 0.5) is 0 Å². The van der Waals surface area contributed by atoms with Gasteiger partial charge in [-0.3, -0.25) is 9.80 Å². The maximum atomic E-state index is 9.02. The van der Waals surface area contributed by atoms with Crippen molar-refractivity contribution in [2.75, 3.05) is 85.7 Å². The molecule has 10 heteroatoms. The molecule has 10 nitrogen and oxygen atoms in total. The summed E-state index contributed by atoms with van der Waals surface area (Å²) in [6.07, 6.45) is -0.314. The fourth-order valence-electron chi connectivity index (χ4n) is 3.34. The van der Waals surface area contributed by atoms with Gasteiger partial charge in [-0.1, -0.05) is 0 Å². The number of hydrogen-bond donors (Lipinski definition) is 4. The number of aliphatic hydroxyl groups is 4. The largest absolute Gasteiger partial charge is 0.394 e. The van der Waals surface area contributed by atoms with E-state index in [4.69, 9.17) is 39.4 Å². The lowest BCUT2D eigenvalue weighted by Gasteiger charge is -2.35. The topological polar surface area (TPSA) is 124 Å². The summed E-state index contributed by atoms with van der Waals surface area (Å²) >= 11 is 0. The van der Waals surface area contributed by atoms with E-state index in [1.54, 1.807) is 0 Å². The Morgan fingerprint density at radius 2 is 0.710 bits per heavy atom. The third-order valence-corrected chi connectivity index (χ3v) is 4.44. The molecule has 4 unspecified atom stereocenters. The Labute approximate surface area is 187 Å². The highest BCUT2D eigenvalue weighted by atomic mass is 16.5. The lowest BCUT2D eigenvalue weighted by molar-refractivity contribution is -0.0470. The predicted molar refractivity (Wildman–Crippen MR) is 118 cm³/mol. The van der Waals surface area contributed by atoms with Crippen molar-refractivity contribution in [2.45, 2.75) is 52.1 Å². The van der Waals surface area contributed by atoms with Crippen molar-refractivity contribution in [3.05, 3.63) is 0 Å². The van der Waals surface area contributed by atoms with E-state index in [0.717, 1.165) is 0 Å². The van der Waals surface area contributed by atoms with Crippen LogP contribution in [0.25, 0.3) is 0 Å². The van der Waals surface area contributed by atoms with E-state index in [1.807, 2.05) is 27.7 Å². The fraction of sp³-hybridized carbons (Fsp3) is 1.00. The van der Waals surface area contributed by atoms with Crippen molar-refractivity contribution in [2.24, 2.45) is 0 Å². The van der Waals surface area contributed by atoms with E-state index < -0.39 is 0 Å². The zero-order chi connectivity index (χ0) is 23.5.